The minimum absolute atomic E-state index is 0.0461. The highest BCUT2D eigenvalue weighted by molar-refractivity contribution is 5.74. The van der Waals surface area contributed by atoms with Crippen molar-refractivity contribution in [2.24, 2.45) is 5.92 Å². The first-order valence-corrected chi connectivity index (χ1v) is 5.61. The molecule has 0 radical (unpaired) electrons. The Hall–Kier alpha value is -1.57. The van der Waals surface area contributed by atoms with Gasteiger partial charge in [0.25, 0.3) is 0 Å². The third-order valence-electron chi connectivity index (χ3n) is 2.47. The molecule has 2 heteroatoms. The van der Waals surface area contributed by atoms with E-state index in [9.17, 15) is 4.79 Å². The molecule has 1 atom stereocenters. The molecule has 0 fully saturated rings. The number of carbonyl (C=O) groups is 1. The van der Waals surface area contributed by atoms with Crippen LogP contribution in [0, 0.1) is 5.92 Å². The van der Waals surface area contributed by atoms with E-state index in [2.05, 4.69) is 0 Å². The Labute approximate surface area is 96.9 Å². The molecular weight excluding hydrogens is 200 g/mol. The lowest BCUT2D eigenvalue weighted by Gasteiger charge is -2.08. The van der Waals surface area contributed by atoms with Crippen molar-refractivity contribution < 1.29 is 9.53 Å². The molecule has 0 aromatic heterocycles. The van der Waals surface area contributed by atoms with E-state index in [0.717, 1.165) is 12.0 Å². The highest BCUT2D eigenvalue weighted by Crippen LogP contribution is 2.15. The lowest BCUT2D eigenvalue weighted by atomic mass is 10.1. The molecule has 1 rings (SSSR count). The van der Waals surface area contributed by atoms with Gasteiger partial charge < -0.3 is 4.74 Å². The minimum atomic E-state index is -0.165. The van der Waals surface area contributed by atoms with Crippen molar-refractivity contribution in [2.45, 2.75) is 27.2 Å². The van der Waals surface area contributed by atoms with E-state index in [4.69, 9.17) is 4.74 Å². The Kier molecular flexibility index (Phi) is 4.77. The molecule has 86 valence electrons. The summed E-state index contributed by atoms with van der Waals surface area (Å²) in [5, 5.41) is 0. The summed E-state index contributed by atoms with van der Waals surface area (Å²) < 4.78 is 5.24. The van der Waals surface area contributed by atoms with Crippen LogP contribution in [0.5, 0.6) is 5.75 Å². The Morgan fingerprint density at radius 3 is 2.50 bits per heavy atom. The molecule has 16 heavy (non-hydrogen) atoms. The summed E-state index contributed by atoms with van der Waals surface area (Å²) in [7, 11) is 0. The molecule has 0 heterocycles. The van der Waals surface area contributed by atoms with Crippen LogP contribution in [0.25, 0.3) is 6.08 Å². The van der Waals surface area contributed by atoms with Gasteiger partial charge in [0.05, 0.1) is 5.92 Å². The Morgan fingerprint density at radius 2 is 2.00 bits per heavy atom. The average molecular weight is 218 g/mol. The Morgan fingerprint density at radius 1 is 1.38 bits per heavy atom. The van der Waals surface area contributed by atoms with E-state index in [1.165, 1.54) is 0 Å². The molecular formula is C14H18O2. The number of carbonyl (C=O) groups excluding carboxylic acids is 1. The fourth-order valence-corrected chi connectivity index (χ4v) is 1.22. The molecule has 1 aromatic carbocycles. The maximum atomic E-state index is 11.5. The molecule has 0 aliphatic carbocycles. The topological polar surface area (TPSA) is 26.3 Å². The van der Waals surface area contributed by atoms with Gasteiger partial charge in [0.1, 0.15) is 5.75 Å². The number of hydrogen-bond acceptors (Lipinski definition) is 2. The van der Waals surface area contributed by atoms with E-state index in [-0.39, 0.29) is 11.9 Å². The molecule has 0 aliphatic rings. The summed E-state index contributed by atoms with van der Waals surface area (Å²) >= 11 is 0. The van der Waals surface area contributed by atoms with Crippen LogP contribution in [-0.2, 0) is 4.79 Å². The second kappa shape index (κ2) is 6.11. The van der Waals surface area contributed by atoms with Crippen LogP contribution < -0.4 is 4.74 Å². The van der Waals surface area contributed by atoms with Gasteiger partial charge in [0, 0.05) is 0 Å². The molecule has 0 saturated heterocycles. The molecule has 0 bridgehead atoms. The molecule has 0 saturated carbocycles. The molecule has 1 unspecified atom stereocenters. The maximum Gasteiger partial charge on any atom is 0.314 e. The Balaban J connectivity index is 2.65. The van der Waals surface area contributed by atoms with Crippen LogP contribution in [0.1, 0.15) is 32.8 Å². The number of esters is 1. The number of ether oxygens (including phenoxy) is 1. The second-order valence-corrected chi connectivity index (χ2v) is 3.80. The molecule has 0 spiro atoms. The fraction of sp³-hybridized carbons (Fsp3) is 0.357. The maximum absolute atomic E-state index is 11.5. The van der Waals surface area contributed by atoms with Gasteiger partial charge in [-0.25, -0.2) is 0 Å². The average Bonchev–Trinajstić information content (AvgIpc) is 2.31. The van der Waals surface area contributed by atoms with E-state index < -0.39 is 0 Å². The van der Waals surface area contributed by atoms with Gasteiger partial charge in [-0.3, -0.25) is 4.79 Å². The van der Waals surface area contributed by atoms with Crippen molar-refractivity contribution in [3.63, 3.8) is 0 Å². The van der Waals surface area contributed by atoms with Gasteiger partial charge in [-0.15, -0.1) is 0 Å². The van der Waals surface area contributed by atoms with Gasteiger partial charge in [-0.2, -0.15) is 0 Å². The smallest absolute Gasteiger partial charge is 0.314 e. The molecule has 0 aliphatic heterocycles. The van der Waals surface area contributed by atoms with Crippen LogP contribution in [0.2, 0.25) is 0 Å². The van der Waals surface area contributed by atoms with E-state index in [1.54, 1.807) is 0 Å². The van der Waals surface area contributed by atoms with Crippen LogP contribution in [0.15, 0.2) is 30.3 Å². The SMILES string of the molecule is C/C=C/c1ccc(OC(=O)C(C)CC)cc1. The predicted molar refractivity (Wildman–Crippen MR) is 66.2 cm³/mol. The number of benzene rings is 1. The quantitative estimate of drug-likeness (QED) is 0.569. The van der Waals surface area contributed by atoms with Crippen molar-refractivity contribution in [2.75, 3.05) is 0 Å². The third kappa shape index (κ3) is 3.54. The van der Waals surface area contributed by atoms with Gasteiger partial charge in [0.2, 0.25) is 0 Å². The zero-order chi connectivity index (χ0) is 12.0. The molecule has 0 N–H and O–H groups in total. The van der Waals surface area contributed by atoms with Gasteiger partial charge in [-0.05, 0) is 31.0 Å². The zero-order valence-electron chi connectivity index (χ0n) is 10.1. The number of hydrogen-bond donors (Lipinski definition) is 0. The van der Waals surface area contributed by atoms with Crippen molar-refractivity contribution in [1.82, 2.24) is 0 Å². The Bertz CT molecular complexity index is 363. The lowest BCUT2D eigenvalue weighted by Crippen LogP contribution is -2.16. The highest BCUT2D eigenvalue weighted by atomic mass is 16.5. The first-order chi connectivity index (χ1) is 7.67. The summed E-state index contributed by atoms with van der Waals surface area (Å²) in [6.45, 7) is 5.81. The van der Waals surface area contributed by atoms with Gasteiger partial charge in [-0.1, -0.05) is 38.1 Å². The summed E-state index contributed by atoms with van der Waals surface area (Å²) in [4.78, 5) is 11.5. The summed E-state index contributed by atoms with van der Waals surface area (Å²) in [6, 6.07) is 7.49. The normalized spacial score (nSPS) is 12.7. The first kappa shape index (κ1) is 12.5. The van der Waals surface area contributed by atoms with Crippen LogP contribution >= 0.6 is 0 Å². The van der Waals surface area contributed by atoms with E-state index in [1.807, 2.05) is 57.2 Å². The third-order valence-corrected chi connectivity index (χ3v) is 2.47. The number of rotatable bonds is 4. The summed E-state index contributed by atoms with van der Waals surface area (Å²) in [6.07, 6.45) is 4.77. The molecule has 1 aromatic rings. The highest BCUT2D eigenvalue weighted by Gasteiger charge is 2.12. The van der Waals surface area contributed by atoms with Gasteiger partial charge in [0.15, 0.2) is 0 Å². The zero-order valence-corrected chi connectivity index (χ0v) is 10.1. The fourth-order valence-electron chi connectivity index (χ4n) is 1.22. The van der Waals surface area contributed by atoms with Crippen LogP contribution in [0.3, 0.4) is 0 Å². The minimum Gasteiger partial charge on any atom is -0.426 e. The largest absolute Gasteiger partial charge is 0.426 e. The van der Waals surface area contributed by atoms with Crippen molar-refractivity contribution >= 4 is 12.0 Å². The number of allylic oxidation sites excluding steroid dienone is 1. The van der Waals surface area contributed by atoms with E-state index in [0.29, 0.717) is 5.75 Å². The van der Waals surface area contributed by atoms with Crippen molar-refractivity contribution in [3.05, 3.63) is 35.9 Å². The summed E-state index contributed by atoms with van der Waals surface area (Å²) in [5.74, 6) is 0.398. The molecule has 0 amide bonds. The molecule has 2 nitrogen and oxygen atoms in total. The van der Waals surface area contributed by atoms with Crippen LogP contribution in [-0.4, -0.2) is 5.97 Å². The monoisotopic (exact) mass is 218 g/mol. The lowest BCUT2D eigenvalue weighted by molar-refractivity contribution is -0.138. The predicted octanol–water partition coefficient (Wildman–Crippen LogP) is 3.67. The van der Waals surface area contributed by atoms with Crippen LogP contribution in [0.4, 0.5) is 0 Å². The standard InChI is InChI=1S/C14H18O2/c1-4-6-12-7-9-13(10-8-12)16-14(15)11(3)5-2/h4,6-11H,5H2,1-3H3/b6-4+. The summed E-state index contributed by atoms with van der Waals surface area (Å²) in [5.41, 5.74) is 1.10. The first-order valence-electron chi connectivity index (χ1n) is 5.61. The van der Waals surface area contributed by atoms with Gasteiger partial charge >= 0.3 is 5.97 Å². The second-order valence-electron chi connectivity index (χ2n) is 3.80. The van der Waals surface area contributed by atoms with Crippen molar-refractivity contribution in [3.8, 4) is 5.75 Å². The van der Waals surface area contributed by atoms with Crippen molar-refractivity contribution in [1.29, 1.82) is 0 Å². The van der Waals surface area contributed by atoms with E-state index >= 15 is 0 Å².